The molecule has 0 aromatic heterocycles. The molecule has 2 rings (SSSR count). The van der Waals surface area contributed by atoms with Gasteiger partial charge in [-0.05, 0) is 30.3 Å². The summed E-state index contributed by atoms with van der Waals surface area (Å²) in [4.78, 5) is 11.7. The molecule has 0 heterocycles. The molecule has 0 aliphatic rings. The number of halogens is 3. The topological polar surface area (TPSA) is 55.1 Å². The van der Waals surface area contributed by atoms with Crippen LogP contribution in [0.25, 0.3) is 0 Å². The molecule has 0 saturated heterocycles. The molecule has 3 nitrogen and oxygen atoms in total. The second-order valence-corrected chi connectivity index (χ2v) is 3.81. The molecule has 2 aromatic rings. The fraction of sp³-hybridized carbons (Fsp3) is 0. The Kier molecular flexibility index (Phi) is 3.41. The zero-order valence-corrected chi connectivity index (χ0v) is 9.58. The van der Waals surface area contributed by atoms with Crippen molar-refractivity contribution >= 4 is 17.3 Å². The van der Waals surface area contributed by atoms with E-state index in [1.54, 1.807) is 0 Å². The lowest BCUT2D eigenvalue weighted by Gasteiger charge is -2.07. The van der Waals surface area contributed by atoms with E-state index >= 15 is 0 Å². The maximum absolute atomic E-state index is 13.3. The molecule has 0 spiro atoms. The van der Waals surface area contributed by atoms with E-state index in [9.17, 15) is 18.0 Å². The smallest absolute Gasteiger partial charge is 0.255 e. The second-order valence-electron chi connectivity index (χ2n) is 3.81. The average Bonchev–Trinajstić information content (AvgIpc) is 2.37. The van der Waals surface area contributed by atoms with Crippen molar-refractivity contribution < 1.29 is 18.0 Å². The number of amides is 1. The summed E-state index contributed by atoms with van der Waals surface area (Å²) in [6, 6.07) is 6.06. The van der Waals surface area contributed by atoms with Crippen molar-refractivity contribution in [1.29, 1.82) is 0 Å². The summed E-state index contributed by atoms with van der Waals surface area (Å²) >= 11 is 0. The summed E-state index contributed by atoms with van der Waals surface area (Å²) < 4.78 is 39.4. The zero-order valence-electron chi connectivity index (χ0n) is 9.58. The number of anilines is 2. The lowest BCUT2D eigenvalue weighted by Crippen LogP contribution is -2.13. The molecule has 0 aliphatic carbocycles. The van der Waals surface area contributed by atoms with Gasteiger partial charge in [0.2, 0.25) is 0 Å². The maximum atomic E-state index is 13.3. The summed E-state index contributed by atoms with van der Waals surface area (Å²) in [5, 5.41) is 2.15. The number of rotatable bonds is 2. The van der Waals surface area contributed by atoms with Gasteiger partial charge in [0.05, 0.1) is 11.4 Å². The van der Waals surface area contributed by atoms with Gasteiger partial charge in [-0.2, -0.15) is 0 Å². The van der Waals surface area contributed by atoms with E-state index in [1.165, 1.54) is 12.1 Å². The van der Waals surface area contributed by atoms with Crippen molar-refractivity contribution in [3.63, 3.8) is 0 Å². The highest BCUT2D eigenvalue weighted by molar-refractivity contribution is 6.04. The quantitative estimate of drug-likeness (QED) is 0.821. The summed E-state index contributed by atoms with van der Waals surface area (Å²) in [6.07, 6.45) is 0. The number of hydrogen-bond donors (Lipinski definition) is 2. The summed E-state index contributed by atoms with van der Waals surface area (Å²) in [5.41, 5.74) is 4.80. The first kappa shape index (κ1) is 12.9. The third-order valence-electron chi connectivity index (χ3n) is 2.44. The van der Waals surface area contributed by atoms with Crippen LogP contribution in [-0.2, 0) is 0 Å². The van der Waals surface area contributed by atoms with Gasteiger partial charge >= 0.3 is 0 Å². The van der Waals surface area contributed by atoms with Gasteiger partial charge in [0.15, 0.2) is 0 Å². The van der Waals surface area contributed by atoms with E-state index < -0.39 is 23.4 Å². The summed E-state index contributed by atoms with van der Waals surface area (Å²) in [5.74, 6) is -3.00. The minimum Gasteiger partial charge on any atom is -0.396 e. The van der Waals surface area contributed by atoms with Crippen molar-refractivity contribution in [1.82, 2.24) is 0 Å². The first-order valence-electron chi connectivity index (χ1n) is 5.29. The first-order valence-corrected chi connectivity index (χ1v) is 5.29. The SMILES string of the molecule is Nc1ccc(C(=O)Nc2cc(F)ccc2F)cc1F. The number of carbonyl (C=O) groups is 1. The Balaban J connectivity index is 2.25. The van der Waals surface area contributed by atoms with Gasteiger partial charge in [-0.1, -0.05) is 0 Å². The molecular weight excluding hydrogens is 257 g/mol. The highest BCUT2D eigenvalue weighted by Crippen LogP contribution is 2.18. The van der Waals surface area contributed by atoms with Crippen LogP contribution in [0, 0.1) is 17.5 Å². The van der Waals surface area contributed by atoms with Crippen molar-refractivity contribution in [3.8, 4) is 0 Å². The van der Waals surface area contributed by atoms with E-state index in [-0.39, 0.29) is 16.9 Å². The monoisotopic (exact) mass is 266 g/mol. The van der Waals surface area contributed by atoms with Gasteiger partial charge in [0, 0.05) is 11.6 Å². The fourth-order valence-corrected chi connectivity index (χ4v) is 1.46. The van der Waals surface area contributed by atoms with Gasteiger partial charge in [0.25, 0.3) is 5.91 Å². The number of nitrogens with one attached hydrogen (secondary N) is 1. The van der Waals surface area contributed by atoms with Crippen LogP contribution in [0.1, 0.15) is 10.4 Å². The number of nitrogen functional groups attached to an aromatic ring is 1. The minimum absolute atomic E-state index is 0.0460. The summed E-state index contributed by atoms with van der Waals surface area (Å²) in [6.45, 7) is 0. The number of carbonyl (C=O) groups excluding carboxylic acids is 1. The first-order chi connectivity index (χ1) is 8.97. The summed E-state index contributed by atoms with van der Waals surface area (Å²) in [7, 11) is 0. The van der Waals surface area contributed by atoms with Gasteiger partial charge in [0.1, 0.15) is 17.5 Å². The van der Waals surface area contributed by atoms with Crippen LogP contribution < -0.4 is 11.1 Å². The third kappa shape index (κ3) is 2.85. The van der Waals surface area contributed by atoms with E-state index in [1.807, 2.05) is 0 Å². The van der Waals surface area contributed by atoms with Crippen molar-refractivity contribution in [2.24, 2.45) is 0 Å². The molecule has 0 aliphatic heterocycles. The van der Waals surface area contributed by atoms with Crippen LogP contribution >= 0.6 is 0 Å². The molecule has 0 fully saturated rings. The van der Waals surface area contributed by atoms with E-state index in [0.29, 0.717) is 0 Å². The van der Waals surface area contributed by atoms with Crippen molar-refractivity contribution in [3.05, 3.63) is 59.4 Å². The predicted molar refractivity (Wildman–Crippen MR) is 65.1 cm³/mol. The Morgan fingerprint density at radius 1 is 1.00 bits per heavy atom. The number of benzene rings is 2. The van der Waals surface area contributed by atoms with E-state index in [0.717, 1.165) is 24.3 Å². The van der Waals surface area contributed by atoms with Gasteiger partial charge < -0.3 is 11.1 Å². The normalized spacial score (nSPS) is 10.3. The van der Waals surface area contributed by atoms with Gasteiger partial charge in [-0.25, -0.2) is 13.2 Å². The largest absolute Gasteiger partial charge is 0.396 e. The molecule has 0 radical (unpaired) electrons. The Hall–Kier alpha value is -2.50. The van der Waals surface area contributed by atoms with E-state index in [4.69, 9.17) is 5.73 Å². The molecule has 0 saturated carbocycles. The van der Waals surface area contributed by atoms with E-state index in [2.05, 4.69) is 5.32 Å². The molecular formula is C13H9F3N2O. The Labute approximate surface area is 106 Å². The highest BCUT2D eigenvalue weighted by Gasteiger charge is 2.11. The average molecular weight is 266 g/mol. The minimum atomic E-state index is -0.786. The molecule has 98 valence electrons. The van der Waals surface area contributed by atoms with Gasteiger partial charge in [-0.15, -0.1) is 0 Å². The van der Waals surface area contributed by atoms with Crippen LogP contribution in [0.5, 0.6) is 0 Å². The van der Waals surface area contributed by atoms with Crippen molar-refractivity contribution in [2.75, 3.05) is 11.1 Å². The zero-order chi connectivity index (χ0) is 14.0. The van der Waals surface area contributed by atoms with Crippen LogP contribution in [0.4, 0.5) is 24.5 Å². The second kappa shape index (κ2) is 5.01. The lowest BCUT2D eigenvalue weighted by atomic mass is 10.2. The number of nitrogens with two attached hydrogens (primary N) is 1. The molecule has 19 heavy (non-hydrogen) atoms. The van der Waals surface area contributed by atoms with Crippen molar-refractivity contribution in [2.45, 2.75) is 0 Å². The Morgan fingerprint density at radius 2 is 1.74 bits per heavy atom. The standard InChI is InChI=1S/C13H9F3N2O/c14-8-2-3-9(15)12(6-8)18-13(19)7-1-4-11(17)10(16)5-7/h1-6H,17H2,(H,18,19). The molecule has 6 heteroatoms. The molecule has 3 N–H and O–H groups in total. The highest BCUT2D eigenvalue weighted by atomic mass is 19.1. The number of hydrogen-bond acceptors (Lipinski definition) is 2. The fourth-order valence-electron chi connectivity index (χ4n) is 1.46. The Morgan fingerprint density at radius 3 is 2.42 bits per heavy atom. The van der Waals surface area contributed by atoms with Crippen LogP contribution in [-0.4, -0.2) is 5.91 Å². The van der Waals surface area contributed by atoms with Crippen LogP contribution in [0.3, 0.4) is 0 Å². The molecule has 0 atom stereocenters. The molecule has 2 aromatic carbocycles. The van der Waals surface area contributed by atoms with Gasteiger partial charge in [-0.3, -0.25) is 4.79 Å². The lowest BCUT2D eigenvalue weighted by molar-refractivity contribution is 0.102. The predicted octanol–water partition coefficient (Wildman–Crippen LogP) is 2.94. The Bertz CT molecular complexity index is 644. The molecule has 0 unspecified atom stereocenters. The molecule has 0 bridgehead atoms. The third-order valence-corrected chi connectivity index (χ3v) is 2.44. The van der Waals surface area contributed by atoms with Crippen LogP contribution in [0.15, 0.2) is 36.4 Å². The van der Waals surface area contributed by atoms with Crippen LogP contribution in [0.2, 0.25) is 0 Å². The maximum Gasteiger partial charge on any atom is 0.255 e. The molecule has 1 amide bonds.